The lowest BCUT2D eigenvalue weighted by molar-refractivity contribution is 0.413. The molecule has 0 radical (unpaired) electrons. The Hall–Kier alpha value is -0.410. The molecule has 0 aliphatic rings. The van der Waals surface area contributed by atoms with Crippen LogP contribution in [0.15, 0.2) is 10.5 Å². The van der Waals surface area contributed by atoms with E-state index >= 15 is 0 Å². The second-order valence-corrected chi connectivity index (χ2v) is 3.67. The second kappa shape index (κ2) is 3.54. The van der Waals surface area contributed by atoms with Crippen LogP contribution in [-0.4, -0.2) is 7.11 Å². The third kappa shape index (κ3) is 1.52. The molecule has 12 heavy (non-hydrogen) atoms. The molecule has 66 valence electrons. The zero-order chi connectivity index (χ0) is 9.30. The summed E-state index contributed by atoms with van der Waals surface area (Å²) in [5.74, 6) is 0.634. The minimum absolute atomic E-state index is 0.583. The van der Waals surface area contributed by atoms with E-state index in [9.17, 15) is 0 Å². The van der Waals surface area contributed by atoms with E-state index in [2.05, 4.69) is 15.9 Å². The highest BCUT2D eigenvalue weighted by Gasteiger charge is 2.10. The van der Waals surface area contributed by atoms with Gasteiger partial charge in [-0.25, -0.2) is 0 Å². The number of hydrogen-bond donors (Lipinski definition) is 1. The number of hydrogen-bond acceptors (Lipinski definition) is 2. The van der Waals surface area contributed by atoms with Crippen LogP contribution >= 0.6 is 27.5 Å². The summed E-state index contributed by atoms with van der Waals surface area (Å²) in [5, 5.41) is 0.646. The summed E-state index contributed by atoms with van der Waals surface area (Å²) in [6.07, 6.45) is 0. The number of ether oxygens (including phenoxy) is 1. The molecule has 0 saturated heterocycles. The van der Waals surface area contributed by atoms with Gasteiger partial charge in [-0.3, -0.25) is 0 Å². The van der Waals surface area contributed by atoms with Gasteiger partial charge in [0.2, 0.25) is 0 Å². The van der Waals surface area contributed by atoms with Crippen LogP contribution in [0.5, 0.6) is 5.75 Å². The molecule has 1 aromatic carbocycles. The number of methoxy groups -OCH3 is 1. The van der Waals surface area contributed by atoms with Crippen LogP contribution in [0.25, 0.3) is 0 Å². The van der Waals surface area contributed by atoms with Gasteiger partial charge in [0, 0.05) is 15.1 Å². The van der Waals surface area contributed by atoms with Crippen molar-refractivity contribution in [1.29, 1.82) is 0 Å². The third-order valence-corrected chi connectivity index (χ3v) is 2.71. The van der Waals surface area contributed by atoms with Crippen molar-refractivity contribution in [1.82, 2.24) is 0 Å². The summed E-state index contributed by atoms with van der Waals surface area (Å²) in [6.45, 7) is 1.87. The number of nitrogens with two attached hydrogens (primary N) is 1. The smallest absolute Gasteiger partial charge is 0.147 e. The standard InChI is InChI=1S/C8H9BrClNO/c1-4-6(10)3-5(9)7(11)8(4)12-2/h3H,11H2,1-2H3. The van der Waals surface area contributed by atoms with Crippen molar-refractivity contribution in [2.45, 2.75) is 6.92 Å². The molecule has 0 amide bonds. The fourth-order valence-corrected chi connectivity index (χ4v) is 1.71. The van der Waals surface area contributed by atoms with Gasteiger partial charge in [-0.2, -0.15) is 0 Å². The van der Waals surface area contributed by atoms with E-state index in [4.69, 9.17) is 22.1 Å². The summed E-state index contributed by atoms with van der Waals surface area (Å²) in [4.78, 5) is 0. The maximum Gasteiger partial charge on any atom is 0.147 e. The lowest BCUT2D eigenvalue weighted by atomic mass is 10.2. The first kappa shape index (κ1) is 9.68. The van der Waals surface area contributed by atoms with E-state index in [-0.39, 0.29) is 0 Å². The zero-order valence-corrected chi connectivity index (χ0v) is 9.16. The molecule has 0 atom stereocenters. The first-order valence-electron chi connectivity index (χ1n) is 3.36. The molecule has 0 bridgehead atoms. The highest BCUT2D eigenvalue weighted by Crippen LogP contribution is 2.37. The van der Waals surface area contributed by atoms with Crippen molar-refractivity contribution in [3.63, 3.8) is 0 Å². The van der Waals surface area contributed by atoms with Crippen LogP contribution < -0.4 is 10.5 Å². The Balaban J connectivity index is 3.42. The fourth-order valence-electron chi connectivity index (χ4n) is 0.979. The Labute approximate surface area is 84.8 Å². The first-order chi connectivity index (χ1) is 5.57. The predicted octanol–water partition coefficient (Wildman–Crippen LogP) is 3.00. The normalized spacial score (nSPS) is 10.0. The molecule has 1 aromatic rings. The predicted molar refractivity (Wildman–Crippen MR) is 54.9 cm³/mol. The molecule has 0 aliphatic heterocycles. The van der Waals surface area contributed by atoms with Crippen LogP contribution in [0, 0.1) is 6.92 Å². The van der Waals surface area contributed by atoms with Crippen LogP contribution in [-0.2, 0) is 0 Å². The minimum atomic E-state index is 0.583. The van der Waals surface area contributed by atoms with E-state index in [1.807, 2.05) is 6.92 Å². The van der Waals surface area contributed by atoms with Gasteiger partial charge in [-0.15, -0.1) is 0 Å². The number of anilines is 1. The molecule has 0 saturated carbocycles. The van der Waals surface area contributed by atoms with Crippen LogP contribution in [0.3, 0.4) is 0 Å². The summed E-state index contributed by atoms with van der Waals surface area (Å²) >= 11 is 9.19. The van der Waals surface area contributed by atoms with Crippen molar-refractivity contribution >= 4 is 33.2 Å². The number of rotatable bonds is 1. The quantitative estimate of drug-likeness (QED) is 0.778. The van der Waals surface area contributed by atoms with E-state index in [1.54, 1.807) is 13.2 Å². The van der Waals surface area contributed by atoms with Crippen LogP contribution in [0.2, 0.25) is 5.02 Å². The van der Waals surface area contributed by atoms with Gasteiger partial charge in [0.05, 0.1) is 12.8 Å². The number of halogens is 2. The molecule has 0 unspecified atom stereocenters. The molecular weight excluding hydrogens is 241 g/mol. The average molecular weight is 251 g/mol. The van der Waals surface area contributed by atoms with Crippen molar-refractivity contribution in [3.8, 4) is 5.75 Å². The Morgan fingerprint density at radius 2 is 2.17 bits per heavy atom. The number of nitrogen functional groups attached to an aromatic ring is 1. The maximum absolute atomic E-state index is 5.90. The Morgan fingerprint density at radius 3 is 2.67 bits per heavy atom. The third-order valence-electron chi connectivity index (χ3n) is 1.66. The van der Waals surface area contributed by atoms with Gasteiger partial charge < -0.3 is 10.5 Å². The van der Waals surface area contributed by atoms with Gasteiger partial charge in [0.25, 0.3) is 0 Å². The molecular formula is C8H9BrClNO. The van der Waals surface area contributed by atoms with Crippen LogP contribution in [0.1, 0.15) is 5.56 Å². The highest BCUT2D eigenvalue weighted by molar-refractivity contribution is 9.10. The van der Waals surface area contributed by atoms with Crippen molar-refractivity contribution in [2.75, 3.05) is 12.8 Å². The summed E-state index contributed by atoms with van der Waals surface area (Å²) in [6, 6.07) is 1.76. The molecule has 0 aliphatic carbocycles. The Morgan fingerprint density at radius 1 is 1.58 bits per heavy atom. The SMILES string of the molecule is COc1c(C)c(Cl)cc(Br)c1N. The van der Waals surface area contributed by atoms with Crippen molar-refractivity contribution < 1.29 is 4.74 Å². The lowest BCUT2D eigenvalue weighted by Crippen LogP contribution is -1.96. The lowest BCUT2D eigenvalue weighted by Gasteiger charge is -2.10. The van der Waals surface area contributed by atoms with Gasteiger partial charge >= 0.3 is 0 Å². The molecule has 0 fully saturated rings. The van der Waals surface area contributed by atoms with E-state index < -0.39 is 0 Å². The summed E-state index contributed by atoms with van der Waals surface area (Å²) in [5.41, 5.74) is 7.18. The first-order valence-corrected chi connectivity index (χ1v) is 4.53. The molecule has 0 spiro atoms. The Bertz CT molecular complexity index is 288. The van der Waals surface area contributed by atoms with E-state index in [1.165, 1.54) is 0 Å². The van der Waals surface area contributed by atoms with Gasteiger partial charge in [0.1, 0.15) is 5.75 Å². The van der Waals surface area contributed by atoms with Crippen molar-refractivity contribution in [2.24, 2.45) is 0 Å². The Kier molecular flexibility index (Phi) is 2.85. The average Bonchev–Trinajstić information content (AvgIpc) is 2.02. The summed E-state index contributed by atoms with van der Waals surface area (Å²) < 4.78 is 5.86. The highest BCUT2D eigenvalue weighted by atomic mass is 79.9. The molecule has 2 nitrogen and oxygen atoms in total. The molecule has 2 N–H and O–H groups in total. The topological polar surface area (TPSA) is 35.2 Å². The monoisotopic (exact) mass is 249 g/mol. The number of benzene rings is 1. The summed E-state index contributed by atoms with van der Waals surface area (Å²) in [7, 11) is 1.57. The van der Waals surface area contributed by atoms with Crippen molar-refractivity contribution in [3.05, 3.63) is 21.1 Å². The van der Waals surface area contributed by atoms with Gasteiger partial charge in [-0.05, 0) is 28.9 Å². The largest absolute Gasteiger partial charge is 0.494 e. The van der Waals surface area contributed by atoms with E-state index in [0.717, 1.165) is 10.0 Å². The minimum Gasteiger partial charge on any atom is -0.494 e. The van der Waals surface area contributed by atoms with Crippen LogP contribution in [0.4, 0.5) is 5.69 Å². The molecule has 1 rings (SSSR count). The maximum atomic E-state index is 5.90. The molecule has 0 heterocycles. The van der Waals surface area contributed by atoms with Gasteiger partial charge in [0.15, 0.2) is 0 Å². The van der Waals surface area contributed by atoms with E-state index in [0.29, 0.717) is 16.5 Å². The molecule has 4 heteroatoms. The fraction of sp³-hybridized carbons (Fsp3) is 0.250. The van der Waals surface area contributed by atoms with Gasteiger partial charge in [-0.1, -0.05) is 11.6 Å². The second-order valence-electron chi connectivity index (χ2n) is 2.41. The molecule has 0 aromatic heterocycles. The zero-order valence-electron chi connectivity index (χ0n) is 6.82.